The van der Waals surface area contributed by atoms with Crippen molar-refractivity contribution in [3.63, 3.8) is 0 Å². The van der Waals surface area contributed by atoms with E-state index in [-0.39, 0.29) is 17.5 Å². The number of para-hydroxylation sites is 1. The number of carbonyl (C=O) groups excluding carboxylic acids is 1. The molecule has 2 saturated carbocycles. The molecule has 6 atom stereocenters. The van der Waals surface area contributed by atoms with Crippen LogP contribution in [-0.2, 0) is 4.74 Å². The number of anilines is 1. The number of nitrogens with two attached hydrogens (primary N) is 1. The fraction of sp³-hybridized carbons (Fsp3) is 0.741. The van der Waals surface area contributed by atoms with Gasteiger partial charge in [-0.2, -0.15) is 0 Å². The van der Waals surface area contributed by atoms with Gasteiger partial charge in [0.25, 0.3) is 0 Å². The highest BCUT2D eigenvalue weighted by Crippen LogP contribution is 2.55. The first-order valence-corrected chi connectivity index (χ1v) is 12.2. The first-order chi connectivity index (χ1) is 14.1. The molecule has 0 aromatic heterocycles. The van der Waals surface area contributed by atoms with Crippen LogP contribution in [0, 0.1) is 40.9 Å². The Labute approximate surface area is 184 Å². The number of carbonyl (C=O) groups is 1. The molecule has 2 aliphatic rings. The molecule has 0 heterocycles. The van der Waals surface area contributed by atoms with E-state index in [4.69, 9.17) is 10.5 Å². The molecule has 0 saturated heterocycles. The van der Waals surface area contributed by atoms with Crippen LogP contribution in [0.15, 0.2) is 24.3 Å². The van der Waals surface area contributed by atoms with Crippen LogP contribution in [-0.4, -0.2) is 12.1 Å². The molecule has 30 heavy (non-hydrogen) atoms. The number of nitrogen functional groups attached to an aromatic ring is 1. The summed E-state index contributed by atoms with van der Waals surface area (Å²) in [5, 5.41) is 0. The summed E-state index contributed by atoms with van der Waals surface area (Å²) in [4.78, 5) is 13.0. The van der Waals surface area contributed by atoms with E-state index in [1.165, 1.54) is 25.7 Å². The van der Waals surface area contributed by atoms with Crippen LogP contribution in [0.5, 0.6) is 0 Å². The SMILES string of the molecule is CC1CCC(C(C)C)C(C2(C)CCC(C(C)C)C(OC(=O)c3ccccc3N)C2)C1. The quantitative estimate of drug-likeness (QED) is 0.419. The fourth-order valence-electron chi connectivity index (χ4n) is 6.51. The summed E-state index contributed by atoms with van der Waals surface area (Å²) in [6.07, 6.45) is 7.37. The predicted octanol–water partition coefficient (Wildman–Crippen LogP) is 6.97. The van der Waals surface area contributed by atoms with Crippen molar-refractivity contribution in [1.29, 1.82) is 0 Å². The molecule has 0 bridgehead atoms. The van der Waals surface area contributed by atoms with Crippen LogP contribution in [0.2, 0.25) is 0 Å². The Balaban J connectivity index is 1.83. The minimum atomic E-state index is -0.259. The van der Waals surface area contributed by atoms with Crippen LogP contribution >= 0.6 is 0 Å². The van der Waals surface area contributed by atoms with Crippen LogP contribution in [0.1, 0.15) is 90.4 Å². The maximum Gasteiger partial charge on any atom is 0.340 e. The lowest BCUT2D eigenvalue weighted by Crippen LogP contribution is -2.47. The minimum absolute atomic E-state index is 0.0269. The van der Waals surface area contributed by atoms with Crippen LogP contribution in [0.25, 0.3) is 0 Å². The number of hydrogen-bond donors (Lipinski definition) is 1. The van der Waals surface area contributed by atoms with Gasteiger partial charge in [-0.25, -0.2) is 4.79 Å². The Bertz CT molecular complexity index is 727. The maximum atomic E-state index is 13.0. The minimum Gasteiger partial charge on any atom is -0.458 e. The van der Waals surface area contributed by atoms with Gasteiger partial charge in [0.2, 0.25) is 0 Å². The van der Waals surface area contributed by atoms with Gasteiger partial charge >= 0.3 is 5.97 Å². The van der Waals surface area contributed by atoms with Gasteiger partial charge in [0.15, 0.2) is 0 Å². The molecule has 3 nitrogen and oxygen atoms in total. The monoisotopic (exact) mass is 413 g/mol. The molecule has 0 radical (unpaired) electrons. The molecule has 0 spiro atoms. The fourth-order valence-corrected chi connectivity index (χ4v) is 6.51. The Kier molecular flexibility index (Phi) is 7.20. The molecule has 1 aromatic rings. The van der Waals surface area contributed by atoms with Crippen LogP contribution in [0.4, 0.5) is 5.69 Å². The van der Waals surface area contributed by atoms with Gasteiger partial charge in [-0.05, 0) is 85.2 Å². The maximum absolute atomic E-state index is 13.0. The highest BCUT2D eigenvalue weighted by molar-refractivity contribution is 5.95. The number of ether oxygens (including phenoxy) is 1. The average molecular weight is 414 g/mol. The van der Waals surface area contributed by atoms with E-state index in [9.17, 15) is 4.79 Å². The van der Waals surface area contributed by atoms with E-state index < -0.39 is 0 Å². The molecular weight excluding hydrogens is 370 g/mol. The molecule has 2 N–H and O–H groups in total. The first-order valence-electron chi connectivity index (χ1n) is 12.2. The molecule has 6 unspecified atom stereocenters. The van der Waals surface area contributed by atoms with E-state index in [1.54, 1.807) is 12.1 Å². The average Bonchev–Trinajstić information content (AvgIpc) is 2.67. The topological polar surface area (TPSA) is 52.3 Å². The van der Waals surface area contributed by atoms with Crippen molar-refractivity contribution >= 4 is 11.7 Å². The molecule has 2 fully saturated rings. The second kappa shape index (κ2) is 9.32. The lowest BCUT2D eigenvalue weighted by molar-refractivity contribution is -0.0774. The standard InChI is InChI=1S/C27H43NO2/c1-17(2)20-12-11-19(5)15-23(20)27(6)14-13-21(18(3)4)25(16-27)30-26(29)22-9-7-8-10-24(22)28/h7-10,17-21,23,25H,11-16,28H2,1-6H3. The highest BCUT2D eigenvalue weighted by Gasteiger charge is 2.48. The zero-order valence-corrected chi connectivity index (χ0v) is 20.0. The molecule has 3 rings (SSSR count). The highest BCUT2D eigenvalue weighted by atomic mass is 16.5. The molecular formula is C27H43NO2. The second-order valence-corrected chi connectivity index (χ2v) is 11.3. The number of hydrogen-bond acceptors (Lipinski definition) is 3. The van der Waals surface area contributed by atoms with Crippen molar-refractivity contribution in [2.75, 3.05) is 5.73 Å². The Morgan fingerprint density at radius 2 is 1.73 bits per heavy atom. The molecule has 168 valence electrons. The summed E-state index contributed by atoms with van der Waals surface area (Å²) in [6.45, 7) is 14.2. The first kappa shape index (κ1) is 23.2. The molecule has 1 aromatic carbocycles. The third-order valence-corrected chi connectivity index (χ3v) is 8.41. The van der Waals surface area contributed by atoms with Gasteiger partial charge in [-0.3, -0.25) is 0 Å². The zero-order valence-electron chi connectivity index (χ0n) is 20.0. The Morgan fingerprint density at radius 3 is 2.37 bits per heavy atom. The Hall–Kier alpha value is -1.51. The summed E-state index contributed by atoms with van der Waals surface area (Å²) in [7, 11) is 0. The summed E-state index contributed by atoms with van der Waals surface area (Å²) in [5.41, 5.74) is 7.30. The predicted molar refractivity (Wildman–Crippen MR) is 125 cm³/mol. The molecule has 0 amide bonds. The van der Waals surface area contributed by atoms with Crippen molar-refractivity contribution < 1.29 is 9.53 Å². The van der Waals surface area contributed by atoms with E-state index >= 15 is 0 Å². The van der Waals surface area contributed by atoms with Gasteiger partial charge in [-0.15, -0.1) is 0 Å². The van der Waals surface area contributed by atoms with E-state index in [0.29, 0.717) is 29.0 Å². The normalized spacial score (nSPS) is 34.9. The van der Waals surface area contributed by atoms with Gasteiger partial charge < -0.3 is 10.5 Å². The van der Waals surface area contributed by atoms with Crippen molar-refractivity contribution in [1.82, 2.24) is 0 Å². The van der Waals surface area contributed by atoms with Crippen molar-refractivity contribution in [2.24, 2.45) is 40.9 Å². The zero-order chi connectivity index (χ0) is 22.1. The van der Waals surface area contributed by atoms with Gasteiger partial charge in [0.1, 0.15) is 6.10 Å². The van der Waals surface area contributed by atoms with E-state index in [0.717, 1.165) is 30.6 Å². The second-order valence-electron chi connectivity index (χ2n) is 11.3. The molecule has 2 aliphatic carbocycles. The third-order valence-electron chi connectivity index (χ3n) is 8.41. The van der Waals surface area contributed by atoms with E-state index in [1.807, 2.05) is 12.1 Å². The summed E-state index contributed by atoms with van der Waals surface area (Å²) in [5.74, 6) is 3.69. The third kappa shape index (κ3) is 4.86. The smallest absolute Gasteiger partial charge is 0.340 e. The van der Waals surface area contributed by atoms with E-state index in [2.05, 4.69) is 41.5 Å². The molecule has 0 aliphatic heterocycles. The molecule has 3 heteroatoms. The summed E-state index contributed by atoms with van der Waals surface area (Å²) >= 11 is 0. The lowest BCUT2D eigenvalue weighted by atomic mass is 9.54. The van der Waals surface area contributed by atoms with Gasteiger partial charge in [0, 0.05) is 5.69 Å². The summed E-state index contributed by atoms with van der Waals surface area (Å²) < 4.78 is 6.22. The van der Waals surface area contributed by atoms with Crippen LogP contribution < -0.4 is 5.73 Å². The van der Waals surface area contributed by atoms with Crippen LogP contribution in [0.3, 0.4) is 0 Å². The number of benzene rings is 1. The number of esters is 1. The number of rotatable bonds is 5. The van der Waals surface area contributed by atoms with Crippen molar-refractivity contribution in [3.05, 3.63) is 29.8 Å². The van der Waals surface area contributed by atoms with Crippen molar-refractivity contribution in [2.45, 2.75) is 86.2 Å². The largest absolute Gasteiger partial charge is 0.458 e. The van der Waals surface area contributed by atoms with Crippen molar-refractivity contribution in [3.8, 4) is 0 Å². The van der Waals surface area contributed by atoms with Gasteiger partial charge in [0.05, 0.1) is 5.56 Å². The Morgan fingerprint density at radius 1 is 1.07 bits per heavy atom. The summed E-state index contributed by atoms with van der Waals surface area (Å²) in [6, 6.07) is 7.27. The lowest BCUT2D eigenvalue weighted by Gasteiger charge is -2.53. The van der Waals surface area contributed by atoms with Gasteiger partial charge in [-0.1, -0.05) is 60.1 Å².